The molecule has 0 aliphatic heterocycles. The van der Waals surface area contributed by atoms with E-state index in [0.29, 0.717) is 0 Å². The molecule has 6 rings (SSSR count). The predicted octanol–water partition coefficient (Wildman–Crippen LogP) is 5.31. The molecule has 3 N–H and O–H groups in total. The fraction of sp³-hybridized carbons (Fsp3) is 0.0385. The van der Waals surface area contributed by atoms with Gasteiger partial charge in [-0.1, -0.05) is 91.0 Å². The van der Waals surface area contributed by atoms with Crippen LogP contribution >= 0.6 is 0 Å². The average molecular weight is 358 g/mol. The third-order valence-corrected chi connectivity index (χ3v) is 6.31. The normalized spacial score (nSPS) is 14.3. The Bertz CT molecular complexity index is 1250. The number of rotatable bonds is 1. The first-order chi connectivity index (χ1) is 13.7. The standard InChI is InChI=1S/C26H18N2/c27-25(28)19-11-7-15-23-24(19)18-10-3-6-14-22(18)26(23)20-12-4-1-8-16(20)17-9-2-5-13-21(17)26/h1-15H,(H3,27,28). The van der Waals surface area contributed by atoms with E-state index in [-0.39, 0.29) is 11.3 Å². The topological polar surface area (TPSA) is 49.9 Å². The molecule has 2 aliphatic carbocycles. The van der Waals surface area contributed by atoms with Gasteiger partial charge in [-0.15, -0.1) is 0 Å². The van der Waals surface area contributed by atoms with Crippen LogP contribution in [0.4, 0.5) is 0 Å². The molecule has 0 aromatic heterocycles. The van der Waals surface area contributed by atoms with Crippen molar-refractivity contribution in [1.29, 1.82) is 5.41 Å². The van der Waals surface area contributed by atoms with E-state index in [4.69, 9.17) is 11.1 Å². The first-order valence-electron chi connectivity index (χ1n) is 9.51. The Morgan fingerprint density at radius 1 is 0.571 bits per heavy atom. The lowest BCUT2D eigenvalue weighted by atomic mass is 9.70. The molecule has 4 aromatic rings. The van der Waals surface area contributed by atoms with Gasteiger partial charge in [0.25, 0.3) is 0 Å². The Balaban J connectivity index is 1.87. The number of nitrogens with two attached hydrogens (primary N) is 1. The van der Waals surface area contributed by atoms with E-state index in [1.807, 2.05) is 12.1 Å². The van der Waals surface area contributed by atoms with Gasteiger partial charge in [0, 0.05) is 5.56 Å². The van der Waals surface area contributed by atoms with E-state index >= 15 is 0 Å². The largest absolute Gasteiger partial charge is 0.384 e. The van der Waals surface area contributed by atoms with Gasteiger partial charge >= 0.3 is 0 Å². The molecule has 0 radical (unpaired) electrons. The second kappa shape index (κ2) is 5.20. The number of benzene rings is 4. The van der Waals surface area contributed by atoms with Crippen molar-refractivity contribution < 1.29 is 0 Å². The second-order valence-electron chi connectivity index (χ2n) is 7.53. The van der Waals surface area contributed by atoms with E-state index in [1.54, 1.807) is 0 Å². The van der Waals surface area contributed by atoms with Crippen molar-refractivity contribution >= 4 is 5.84 Å². The minimum atomic E-state index is -0.357. The summed E-state index contributed by atoms with van der Waals surface area (Å²) in [6.07, 6.45) is 0. The Kier molecular flexibility index (Phi) is 2.86. The van der Waals surface area contributed by atoms with E-state index in [1.165, 1.54) is 38.9 Å². The number of nitrogens with one attached hydrogen (secondary N) is 1. The SMILES string of the molecule is N=C(N)c1cccc2c1-c1ccccc1C21c2ccccc2-c2ccccc21. The third-order valence-electron chi connectivity index (χ3n) is 6.31. The van der Waals surface area contributed by atoms with Gasteiger partial charge in [0.05, 0.1) is 5.41 Å². The van der Waals surface area contributed by atoms with Crippen LogP contribution in [0.3, 0.4) is 0 Å². The van der Waals surface area contributed by atoms with E-state index in [9.17, 15) is 0 Å². The molecule has 0 saturated carbocycles. The van der Waals surface area contributed by atoms with Crippen molar-refractivity contribution in [3.8, 4) is 22.3 Å². The molecular formula is C26H18N2. The van der Waals surface area contributed by atoms with Crippen LogP contribution in [0, 0.1) is 5.41 Å². The van der Waals surface area contributed by atoms with Gasteiger partial charge in [-0.25, -0.2) is 0 Å². The van der Waals surface area contributed by atoms with Crippen molar-refractivity contribution in [2.24, 2.45) is 5.73 Å². The summed E-state index contributed by atoms with van der Waals surface area (Å²) in [7, 11) is 0. The Labute approximate surface area is 163 Å². The van der Waals surface area contributed by atoms with Crippen molar-refractivity contribution in [3.63, 3.8) is 0 Å². The minimum absolute atomic E-state index is 0.114. The van der Waals surface area contributed by atoms with Crippen LogP contribution in [-0.2, 0) is 5.41 Å². The number of hydrogen-bond donors (Lipinski definition) is 2. The average Bonchev–Trinajstić information content (AvgIpc) is 3.21. The van der Waals surface area contributed by atoms with Gasteiger partial charge in [0.2, 0.25) is 0 Å². The first-order valence-corrected chi connectivity index (χ1v) is 9.51. The number of nitrogen functional groups attached to an aromatic ring is 1. The Morgan fingerprint density at radius 2 is 1.04 bits per heavy atom. The molecule has 28 heavy (non-hydrogen) atoms. The molecule has 2 aliphatic rings. The Morgan fingerprint density at radius 3 is 1.61 bits per heavy atom. The van der Waals surface area contributed by atoms with Crippen LogP contribution < -0.4 is 5.73 Å². The zero-order chi connectivity index (χ0) is 18.9. The fourth-order valence-electron chi connectivity index (χ4n) is 5.37. The van der Waals surface area contributed by atoms with Crippen LogP contribution in [0.1, 0.15) is 27.8 Å². The summed E-state index contributed by atoms with van der Waals surface area (Å²) in [5, 5.41) is 8.17. The lowest BCUT2D eigenvalue weighted by Gasteiger charge is -2.30. The van der Waals surface area contributed by atoms with Crippen molar-refractivity contribution in [2.45, 2.75) is 5.41 Å². The van der Waals surface area contributed by atoms with Gasteiger partial charge in [0.15, 0.2) is 0 Å². The summed E-state index contributed by atoms with van der Waals surface area (Å²) in [6, 6.07) is 32.2. The van der Waals surface area contributed by atoms with Crippen LogP contribution in [0.2, 0.25) is 0 Å². The van der Waals surface area contributed by atoms with Gasteiger partial charge in [-0.05, 0) is 44.5 Å². The number of hydrogen-bond acceptors (Lipinski definition) is 1. The molecule has 0 unspecified atom stereocenters. The van der Waals surface area contributed by atoms with Crippen LogP contribution in [0.15, 0.2) is 91.0 Å². The zero-order valence-electron chi connectivity index (χ0n) is 15.2. The monoisotopic (exact) mass is 358 g/mol. The molecule has 0 atom stereocenters. The second-order valence-corrected chi connectivity index (χ2v) is 7.53. The molecule has 0 saturated heterocycles. The van der Waals surface area contributed by atoms with E-state index in [2.05, 4.69) is 78.9 Å². The first kappa shape index (κ1) is 15.4. The molecule has 2 nitrogen and oxygen atoms in total. The highest BCUT2D eigenvalue weighted by atomic mass is 14.7. The molecule has 0 amide bonds. The van der Waals surface area contributed by atoms with Gasteiger partial charge in [-0.2, -0.15) is 0 Å². The molecule has 2 heteroatoms. The van der Waals surface area contributed by atoms with Gasteiger partial charge in [-0.3, -0.25) is 5.41 Å². The lowest BCUT2D eigenvalue weighted by Crippen LogP contribution is -2.26. The summed E-state index contributed by atoms with van der Waals surface area (Å²) < 4.78 is 0. The van der Waals surface area contributed by atoms with Gasteiger partial charge in [0.1, 0.15) is 5.84 Å². The third kappa shape index (κ3) is 1.62. The smallest absolute Gasteiger partial charge is 0.123 e. The molecule has 0 fully saturated rings. The number of fused-ring (bicyclic) bond motifs is 10. The summed E-state index contributed by atoms with van der Waals surface area (Å²) >= 11 is 0. The van der Waals surface area contributed by atoms with Crippen LogP contribution in [0.25, 0.3) is 22.3 Å². The predicted molar refractivity (Wildman–Crippen MR) is 114 cm³/mol. The summed E-state index contributed by atoms with van der Waals surface area (Å²) in [4.78, 5) is 0. The highest BCUT2D eigenvalue weighted by Crippen LogP contribution is 2.62. The van der Waals surface area contributed by atoms with Gasteiger partial charge < -0.3 is 5.73 Å². The molecule has 132 valence electrons. The van der Waals surface area contributed by atoms with Crippen molar-refractivity contribution in [1.82, 2.24) is 0 Å². The lowest BCUT2D eigenvalue weighted by molar-refractivity contribution is 0.793. The molecular weight excluding hydrogens is 340 g/mol. The maximum Gasteiger partial charge on any atom is 0.123 e. The fourth-order valence-corrected chi connectivity index (χ4v) is 5.37. The van der Waals surface area contributed by atoms with Crippen molar-refractivity contribution in [3.05, 3.63) is 119 Å². The molecule has 4 aromatic carbocycles. The van der Waals surface area contributed by atoms with Crippen molar-refractivity contribution in [2.75, 3.05) is 0 Å². The van der Waals surface area contributed by atoms with E-state index < -0.39 is 0 Å². The Hall–Kier alpha value is -3.65. The van der Waals surface area contributed by atoms with Crippen LogP contribution in [-0.4, -0.2) is 5.84 Å². The maximum absolute atomic E-state index is 8.17. The molecule has 0 bridgehead atoms. The summed E-state index contributed by atoms with van der Waals surface area (Å²) in [5.74, 6) is 0.114. The zero-order valence-corrected chi connectivity index (χ0v) is 15.2. The molecule has 1 spiro atoms. The summed E-state index contributed by atoms with van der Waals surface area (Å²) in [5.41, 5.74) is 16.4. The quantitative estimate of drug-likeness (QED) is 0.303. The summed E-state index contributed by atoms with van der Waals surface area (Å²) in [6.45, 7) is 0. The highest BCUT2D eigenvalue weighted by Gasteiger charge is 2.51. The van der Waals surface area contributed by atoms with E-state index in [0.717, 1.165) is 11.1 Å². The molecule has 0 heterocycles. The maximum atomic E-state index is 8.17. The van der Waals surface area contributed by atoms with Crippen LogP contribution in [0.5, 0.6) is 0 Å². The highest BCUT2D eigenvalue weighted by molar-refractivity contribution is 6.06. The minimum Gasteiger partial charge on any atom is -0.384 e. The number of amidine groups is 1.